The van der Waals surface area contributed by atoms with E-state index in [9.17, 15) is 0 Å². The summed E-state index contributed by atoms with van der Waals surface area (Å²) in [6.07, 6.45) is 3.56. The van der Waals surface area contributed by atoms with Gasteiger partial charge < -0.3 is 10.1 Å². The van der Waals surface area contributed by atoms with Gasteiger partial charge in [0.15, 0.2) is 22.3 Å². The third kappa shape index (κ3) is 4.37. The van der Waals surface area contributed by atoms with Crippen molar-refractivity contribution in [3.8, 4) is 11.5 Å². The maximum absolute atomic E-state index is 6.17. The van der Waals surface area contributed by atoms with Crippen LogP contribution in [0.2, 0.25) is 0 Å². The molecule has 0 bridgehead atoms. The van der Waals surface area contributed by atoms with Crippen LogP contribution >= 0.6 is 23.1 Å². The SMILES string of the molecule is Cc1csc(Nc2ncc(Sc3cc(C)nc4ccnn34)cc2Oc2ccccc2)n1. The molecule has 5 aromatic rings. The van der Waals surface area contributed by atoms with Crippen molar-refractivity contribution >= 4 is 39.7 Å². The number of thiazole rings is 1. The first kappa shape index (κ1) is 19.5. The zero-order chi connectivity index (χ0) is 21.2. The summed E-state index contributed by atoms with van der Waals surface area (Å²) in [5.74, 6) is 1.96. The molecule has 0 aliphatic carbocycles. The zero-order valence-electron chi connectivity index (χ0n) is 16.8. The van der Waals surface area contributed by atoms with E-state index in [0.29, 0.717) is 11.6 Å². The zero-order valence-corrected chi connectivity index (χ0v) is 18.4. The van der Waals surface area contributed by atoms with Crippen LogP contribution in [0, 0.1) is 13.8 Å². The van der Waals surface area contributed by atoms with Crippen LogP contribution in [0.3, 0.4) is 0 Å². The van der Waals surface area contributed by atoms with E-state index >= 15 is 0 Å². The van der Waals surface area contributed by atoms with E-state index < -0.39 is 0 Å². The van der Waals surface area contributed by atoms with Gasteiger partial charge in [0.25, 0.3) is 0 Å². The minimum atomic E-state index is 0.609. The summed E-state index contributed by atoms with van der Waals surface area (Å²) in [4.78, 5) is 14.5. The van der Waals surface area contributed by atoms with Crippen molar-refractivity contribution in [2.45, 2.75) is 23.8 Å². The fraction of sp³-hybridized carbons (Fsp3) is 0.0909. The van der Waals surface area contributed by atoms with Crippen LogP contribution in [0.4, 0.5) is 10.9 Å². The van der Waals surface area contributed by atoms with Crippen molar-refractivity contribution in [3.63, 3.8) is 0 Å². The van der Waals surface area contributed by atoms with E-state index in [4.69, 9.17) is 4.74 Å². The lowest BCUT2D eigenvalue weighted by atomic mass is 10.3. The number of anilines is 2. The molecule has 0 radical (unpaired) electrons. The van der Waals surface area contributed by atoms with Gasteiger partial charge in [0.05, 0.1) is 11.9 Å². The van der Waals surface area contributed by atoms with E-state index in [1.54, 1.807) is 18.0 Å². The summed E-state index contributed by atoms with van der Waals surface area (Å²) in [5, 5.41) is 11.4. The lowest BCUT2D eigenvalue weighted by Gasteiger charge is -2.13. The largest absolute Gasteiger partial charge is 0.453 e. The number of nitrogens with zero attached hydrogens (tertiary/aromatic N) is 5. The van der Waals surface area contributed by atoms with Gasteiger partial charge in [-0.05, 0) is 32.0 Å². The monoisotopic (exact) mass is 446 g/mol. The number of aromatic nitrogens is 5. The van der Waals surface area contributed by atoms with Crippen LogP contribution in [0.15, 0.2) is 76.2 Å². The fourth-order valence-corrected chi connectivity index (χ4v) is 4.64. The maximum Gasteiger partial charge on any atom is 0.188 e. The molecular weight excluding hydrogens is 428 g/mol. The highest BCUT2D eigenvalue weighted by Gasteiger charge is 2.13. The smallest absolute Gasteiger partial charge is 0.188 e. The Morgan fingerprint density at radius 3 is 2.71 bits per heavy atom. The standard InChI is InChI=1S/C22H18N6OS2/c1-14-10-20(28-19(25-14)8-9-24-28)31-17-11-18(29-16-6-4-3-5-7-16)21(23-12-17)27-22-26-15(2)13-30-22/h3-13H,1-2H3,(H,23,26,27). The topological polar surface area (TPSA) is 77.2 Å². The molecular formula is C22H18N6OS2. The molecule has 0 aliphatic heterocycles. The molecule has 9 heteroatoms. The van der Waals surface area contributed by atoms with Crippen LogP contribution in [0.25, 0.3) is 5.65 Å². The minimum absolute atomic E-state index is 0.609. The minimum Gasteiger partial charge on any atom is -0.453 e. The number of hydrogen-bond acceptors (Lipinski definition) is 8. The molecule has 0 amide bonds. The number of nitrogens with one attached hydrogen (secondary N) is 1. The van der Waals surface area contributed by atoms with Gasteiger partial charge in [0.2, 0.25) is 0 Å². The van der Waals surface area contributed by atoms with Gasteiger partial charge in [-0.25, -0.2) is 19.5 Å². The van der Waals surface area contributed by atoms with Crippen molar-refractivity contribution in [1.29, 1.82) is 0 Å². The third-order valence-electron chi connectivity index (χ3n) is 4.32. The second kappa shape index (κ2) is 8.37. The first-order chi connectivity index (χ1) is 15.1. The molecule has 0 saturated heterocycles. The normalized spacial score (nSPS) is 11.0. The van der Waals surface area contributed by atoms with E-state index in [-0.39, 0.29) is 0 Å². The van der Waals surface area contributed by atoms with Crippen LogP contribution in [0.1, 0.15) is 11.4 Å². The summed E-state index contributed by atoms with van der Waals surface area (Å²) < 4.78 is 7.99. The number of fused-ring (bicyclic) bond motifs is 1. The van der Waals surface area contributed by atoms with Crippen LogP contribution in [-0.4, -0.2) is 24.6 Å². The Morgan fingerprint density at radius 2 is 1.90 bits per heavy atom. The number of pyridine rings is 1. The Kier molecular flexibility index (Phi) is 5.27. The van der Waals surface area contributed by atoms with Crippen LogP contribution < -0.4 is 10.1 Å². The molecule has 31 heavy (non-hydrogen) atoms. The molecule has 4 aromatic heterocycles. The van der Waals surface area contributed by atoms with Crippen molar-refractivity contribution in [3.05, 3.63) is 77.7 Å². The summed E-state index contributed by atoms with van der Waals surface area (Å²) in [5.41, 5.74) is 2.71. The average Bonchev–Trinajstić information content (AvgIpc) is 3.39. The van der Waals surface area contributed by atoms with E-state index in [0.717, 1.165) is 37.8 Å². The lowest BCUT2D eigenvalue weighted by Crippen LogP contribution is -1.99. The molecule has 1 aromatic carbocycles. The first-order valence-corrected chi connectivity index (χ1v) is 11.2. The van der Waals surface area contributed by atoms with Gasteiger partial charge in [-0.1, -0.05) is 30.0 Å². The molecule has 5 rings (SSSR count). The fourth-order valence-electron chi connectivity index (χ4n) is 2.98. The van der Waals surface area contributed by atoms with Crippen LogP contribution in [-0.2, 0) is 0 Å². The highest BCUT2D eigenvalue weighted by atomic mass is 32.2. The van der Waals surface area contributed by atoms with Gasteiger partial charge >= 0.3 is 0 Å². The number of hydrogen-bond donors (Lipinski definition) is 1. The summed E-state index contributed by atoms with van der Waals surface area (Å²) in [6, 6.07) is 15.5. The van der Waals surface area contributed by atoms with Crippen molar-refractivity contribution < 1.29 is 4.74 Å². The second-order valence-corrected chi connectivity index (χ2v) is 8.74. The molecule has 7 nitrogen and oxygen atoms in total. The van der Waals surface area contributed by atoms with Gasteiger partial charge in [0.1, 0.15) is 10.8 Å². The number of benzene rings is 1. The Balaban J connectivity index is 1.50. The van der Waals surface area contributed by atoms with Gasteiger partial charge in [0, 0.05) is 34.3 Å². The summed E-state index contributed by atoms with van der Waals surface area (Å²) >= 11 is 3.09. The molecule has 1 N–H and O–H groups in total. The Bertz CT molecular complexity index is 1350. The molecule has 0 fully saturated rings. The van der Waals surface area contributed by atoms with Crippen molar-refractivity contribution in [2.75, 3.05) is 5.32 Å². The van der Waals surface area contributed by atoms with Crippen molar-refractivity contribution in [1.82, 2.24) is 24.6 Å². The predicted octanol–water partition coefficient (Wildman–Crippen LogP) is 5.88. The first-order valence-electron chi connectivity index (χ1n) is 9.55. The number of aryl methyl sites for hydroxylation is 2. The molecule has 4 heterocycles. The maximum atomic E-state index is 6.17. The predicted molar refractivity (Wildman–Crippen MR) is 123 cm³/mol. The van der Waals surface area contributed by atoms with Crippen molar-refractivity contribution in [2.24, 2.45) is 0 Å². The molecule has 0 saturated carbocycles. The summed E-state index contributed by atoms with van der Waals surface area (Å²) in [6.45, 7) is 3.94. The highest BCUT2D eigenvalue weighted by molar-refractivity contribution is 7.99. The Hall–Kier alpha value is -3.43. The molecule has 0 unspecified atom stereocenters. The van der Waals surface area contributed by atoms with Gasteiger partial charge in [-0.3, -0.25) is 0 Å². The molecule has 0 aliphatic rings. The Labute approximate surface area is 187 Å². The van der Waals surface area contributed by atoms with Crippen LogP contribution in [0.5, 0.6) is 11.5 Å². The molecule has 0 spiro atoms. The quantitative estimate of drug-likeness (QED) is 0.326. The molecule has 154 valence electrons. The molecule has 0 atom stereocenters. The Morgan fingerprint density at radius 1 is 1.03 bits per heavy atom. The van der Waals surface area contributed by atoms with Gasteiger partial charge in [-0.2, -0.15) is 5.10 Å². The highest BCUT2D eigenvalue weighted by Crippen LogP contribution is 2.36. The van der Waals surface area contributed by atoms with E-state index in [2.05, 4.69) is 25.4 Å². The van der Waals surface area contributed by atoms with Gasteiger partial charge in [-0.15, -0.1) is 11.3 Å². The van der Waals surface area contributed by atoms with E-state index in [1.165, 1.54) is 11.3 Å². The number of rotatable bonds is 6. The number of para-hydroxylation sites is 1. The lowest BCUT2D eigenvalue weighted by molar-refractivity contribution is 0.481. The van der Waals surface area contributed by atoms with E-state index in [1.807, 2.05) is 78.5 Å². The second-order valence-electron chi connectivity index (χ2n) is 6.79. The summed E-state index contributed by atoms with van der Waals surface area (Å²) in [7, 11) is 0. The third-order valence-corrected chi connectivity index (χ3v) is 6.15. The average molecular weight is 447 g/mol. The number of ether oxygens (including phenoxy) is 1.